The number of imidazole rings is 1. The van der Waals surface area contributed by atoms with Crippen LogP contribution in [0.1, 0.15) is 16.1 Å². The van der Waals surface area contributed by atoms with Crippen molar-refractivity contribution in [3.05, 3.63) is 66.1 Å². The Hall–Kier alpha value is -3.35. The second kappa shape index (κ2) is 7.11. The van der Waals surface area contributed by atoms with Gasteiger partial charge in [-0.3, -0.25) is 9.59 Å². The van der Waals surface area contributed by atoms with Crippen LogP contribution in [0.25, 0.3) is 5.65 Å². The largest absolute Gasteiger partial charge is 0.497 e. The van der Waals surface area contributed by atoms with Gasteiger partial charge in [0, 0.05) is 32.0 Å². The van der Waals surface area contributed by atoms with E-state index in [0.717, 1.165) is 11.3 Å². The molecular weight excluding hydrogens is 344 g/mol. The smallest absolute Gasteiger partial charge is 0.274 e. The first kappa shape index (κ1) is 17.1. The number of amides is 2. The number of hydrogen-bond donors (Lipinski definition) is 0. The molecule has 0 radical (unpaired) electrons. The predicted molar refractivity (Wildman–Crippen MR) is 99.5 cm³/mol. The standard InChI is InChI=1S/C20H20N4O3/c1-27-16-6-4-5-15(11-16)12-23-9-10-24(14-19(23)25)20(26)17-13-22-8-3-2-7-18(22)21-17/h2-8,11,13H,9-10,12,14H2,1H3. The lowest BCUT2D eigenvalue weighted by Gasteiger charge is -2.34. The Morgan fingerprint density at radius 2 is 2.07 bits per heavy atom. The molecule has 4 rings (SSSR count). The first-order valence-corrected chi connectivity index (χ1v) is 8.78. The van der Waals surface area contributed by atoms with Crippen molar-refractivity contribution in [2.75, 3.05) is 26.7 Å². The predicted octanol–water partition coefficient (Wildman–Crippen LogP) is 1.83. The van der Waals surface area contributed by atoms with Crippen molar-refractivity contribution >= 4 is 17.5 Å². The third kappa shape index (κ3) is 3.48. The molecule has 0 bridgehead atoms. The minimum absolute atomic E-state index is 0.0661. The summed E-state index contributed by atoms with van der Waals surface area (Å²) in [6.45, 7) is 1.56. The number of pyridine rings is 1. The Morgan fingerprint density at radius 1 is 1.19 bits per heavy atom. The fraction of sp³-hybridized carbons (Fsp3) is 0.250. The van der Waals surface area contributed by atoms with Gasteiger partial charge in [-0.2, -0.15) is 0 Å². The molecule has 1 fully saturated rings. The van der Waals surface area contributed by atoms with Gasteiger partial charge in [-0.05, 0) is 29.8 Å². The van der Waals surface area contributed by atoms with Crippen LogP contribution in [-0.4, -0.2) is 57.7 Å². The second-order valence-corrected chi connectivity index (χ2v) is 6.49. The minimum atomic E-state index is -0.215. The van der Waals surface area contributed by atoms with Crippen LogP contribution in [0.15, 0.2) is 54.9 Å². The van der Waals surface area contributed by atoms with Crippen LogP contribution in [0, 0.1) is 0 Å². The zero-order chi connectivity index (χ0) is 18.8. The number of fused-ring (bicyclic) bond motifs is 1. The average Bonchev–Trinajstić information content (AvgIpc) is 3.13. The molecule has 1 aliphatic rings. The van der Waals surface area contributed by atoms with Crippen LogP contribution in [0.5, 0.6) is 5.75 Å². The van der Waals surface area contributed by atoms with Gasteiger partial charge in [0.1, 0.15) is 23.6 Å². The molecule has 0 unspecified atom stereocenters. The van der Waals surface area contributed by atoms with Crippen molar-refractivity contribution < 1.29 is 14.3 Å². The van der Waals surface area contributed by atoms with Crippen LogP contribution in [0.4, 0.5) is 0 Å². The van der Waals surface area contributed by atoms with Crippen molar-refractivity contribution in [3.8, 4) is 5.75 Å². The third-order valence-electron chi connectivity index (χ3n) is 4.70. The number of hydrogen-bond acceptors (Lipinski definition) is 4. The first-order valence-electron chi connectivity index (χ1n) is 8.78. The van der Waals surface area contributed by atoms with E-state index in [-0.39, 0.29) is 18.4 Å². The summed E-state index contributed by atoms with van der Waals surface area (Å²) in [6.07, 6.45) is 3.54. The lowest BCUT2D eigenvalue weighted by atomic mass is 10.2. The zero-order valence-corrected chi connectivity index (χ0v) is 15.0. The summed E-state index contributed by atoms with van der Waals surface area (Å²) in [5.41, 5.74) is 2.07. The molecule has 3 aromatic rings. The number of carbonyl (C=O) groups excluding carboxylic acids is 2. The number of piperazine rings is 1. The van der Waals surface area contributed by atoms with Crippen molar-refractivity contribution in [1.29, 1.82) is 0 Å². The minimum Gasteiger partial charge on any atom is -0.497 e. The number of carbonyl (C=O) groups is 2. The summed E-state index contributed by atoms with van der Waals surface area (Å²) in [6, 6.07) is 13.2. The summed E-state index contributed by atoms with van der Waals surface area (Å²) in [4.78, 5) is 33.0. The molecule has 2 aromatic heterocycles. The molecule has 2 amide bonds. The SMILES string of the molecule is COc1cccc(CN2CCN(C(=O)c3cn4ccccc4n3)CC2=O)c1. The fourth-order valence-electron chi connectivity index (χ4n) is 3.24. The Morgan fingerprint density at radius 3 is 2.85 bits per heavy atom. The highest BCUT2D eigenvalue weighted by Gasteiger charge is 2.29. The van der Waals surface area contributed by atoms with Crippen LogP contribution in [0.2, 0.25) is 0 Å². The lowest BCUT2D eigenvalue weighted by Crippen LogP contribution is -2.51. The van der Waals surface area contributed by atoms with Gasteiger partial charge < -0.3 is 18.9 Å². The lowest BCUT2D eigenvalue weighted by molar-refractivity contribution is -0.135. The quantitative estimate of drug-likeness (QED) is 0.708. The molecule has 138 valence electrons. The van der Waals surface area contributed by atoms with E-state index in [1.54, 1.807) is 27.5 Å². The van der Waals surface area contributed by atoms with Crippen molar-refractivity contribution in [1.82, 2.24) is 19.2 Å². The van der Waals surface area contributed by atoms with Gasteiger partial charge in [-0.1, -0.05) is 18.2 Å². The summed E-state index contributed by atoms with van der Waals surface area (Å²) in [5, 5.41) is 0. The number of ether oxygens (including phenoxy) is 1. The van der Waals surface area contributed by atoms with E-state index in [2.05, 4.69) is 4.98 Å². The van der Waals surface area contributed by atoms with E-state index >= 15 is 0 Å². The molecule has 0 spiro atoms. The molecule has 0 N–H and O–H groups in total. The van der Waals surface area contributed by atoms with Gasteiger partial charge in [0.25, 0.3) is 5.91 Å². The number of methoxy groups -OCH3 is 1. The summed E-state index contributed by atoms with van der Waals surface area (Å²) in [7, 11) is 1.62. The number of rotatable bonds is 4. The molecule has 3 heterocycles. The Bertz CT molecular complexity index is 965. The van der Waals surface area contributed by atoms with E-state index in [1.807, 2.05) is 48.7 Å². The molecule has 0 saturated carbocycles. The van der Waals surface area contributed by atoms with Gasteiger partial charge in [0.15, 0.2) is 0 Å². The van der Waals surface area contributed by atoms with Crippen LogP contribution >= 0.6 is 0 Å². The summed E-state index contributed by atoms with van der Waals surface area (Å²) >= 11 is 0. The van der Waals surface area contributed by atoms with E-state index in [1.165, 1.54) is 0 Å². The van der Waals surface area contributed by atoms with Crippen molar-refractivity contribution in [3.63, 3.8) is 0 Å². The zero-order valence-electron chi connectivity index (χ0n) is 15.0. The van der Waals surface area contributed by atoms with E-state index in [0.29, 0.717) is 31.0 Å². The Kier molecular flexibility index (Phi) is 4.50. The highest BCUT2D eigenvalue weighted by Crippen LogP contribution is 2.17. The molecule has 1 saturated heterocycles. The maximum Gasteiger partial charge on any atom is 0.274 e. The maximum atomic E-state index is 12.7. The highest BCUT2D eigenvalue weighted by atomic mass is 16.5. The molecule has 27 heavy (non-hydrogen) atoms. The molecule has 7 heteroatoms. The summed E-state index contributed by atoms with van der Waals surface area (Å²) in [5.74, 6) is 0.481. The van der Waals surface area contributed by atoms with E-state index in [4.69, 9.17) is 4.74 Å². The van der Waals surface area contributed by atoms with Gasteiger partial charge in [-0.25, -0.2) is 4.98 Å². The maximum absolute atomic E-state index is 12.7. The van der Waals surface area contributed by atoms with Crippen LogP contribution in [0.3, 0.4) is 0 Å². The van der Waals surface area contributed by atoms with Crippen molar-refractivity contribution in [2.45, 2.75) is 6.54 Å². The molecule has 0 atom stereocenters. The first-order chi connectivity index (χ1) is 13.1. The molecule has 7 nitrogen and oxygen atoms in total. The average molecular weight is 364 g/mol. The Labute approximate surface area is 156 Å². The van der Waals surface area contributed by atoms with Gasteiger partial charge in [-0.15, -0.1) is 0 Å². The number of aromatic nitrogens is 2. The normalized spacial score (nSPS) is 14.6. The third-order valence-corrected chi connectivity index (χ3v) is 4.70. The van der Waals surface area contributed by atoms with Crippen LogP contribution in [-0.2, 0) is 11.3 Å². The number of benzene rings is 1. The fourth-order valence-corrected chi connectivity index (χ4v) is 3.24. The summed E-state index contributed by atoms with van der Waals surface area (Å²) < 4.78 is 7.03. The topological polar surface area (TPSA) is 67.2 Å². The van der Waals surface area contributed by atoms with Gasteiger partial charge in [0.2, 0.25) is 5.91 Å². The molecular formula is C20H20N4O3. The Balaban J connectivity index is 1.43. The highest BCUT2D eigenvalue weighted by molar-refractivity contribution is 5.96. The second-order valence-electron chi connectivity index (χ2n) is 6.49. The molecule has 1 aromatic carbocycles. The number of nitrogens with zero attached hydrogens (tertiary/aromatic N) is 4. The van der Waals surface area contributed by atoms with Gasteiger partial charge >= 0.3 is 0 Å². The van der Waals surface area contributed by atoms with E-state index in [9.17, 15) is 9.59 Å². The van der Waals surface area contributed by atoms with Gasteiger partial charge in [0.05, 0.1) is 7.11 Å². The van der Waals surface area contributed by atoms with E-state index < -0.39 is 0 Å². The molecule has 1 aliphatic heterocycles. The van der Waals surface area contributed by atoms with Crippen molar-refractivity contribution in [2.24, 2.45) is 0 Å². The van der Waals surface area contributed by atoms with Crippen LogP contribution < -0.4 is 4.74 Å². The monoisotopic (exact) mass is 364 g/mol. The molecule has 0 aliphatic carbocycles.